The van der Waals surface area contributed by atoms with E-state index in [1.54, 1.807) is 12.4 Å². The van der Waals surface area contributed by atoms with Crippen molar-refractivity contribution in [3.05, 3.63) is 66.1 Å². The first-order chi connectivity index (χ1) is 10.7. The summed E-state index contributed by atoms with van der Waals surface area (Å²) in [6.07, 6.45) is 5.33. The van der Waals surface area contributed by atoms with Gasteiger partial charge in [-0.25, -0.2) is 0 Å². The molecule has 3 nitrogen and oxygen atoms in total. The molecule has 0 atom stereocenters. The van der Waals surface area contributed by atoms with E-state index in [9.17, 15) is 0 Å². The lowest BCUT2D eigenvalue weighted by molar-refractivity contribution is 1.28. The number of hydrogen-bond acceptors (Lipinski definition) is 3. The van der Waals surface area contributed by atoms with E-state index >= 15 is 0 Å². The molecule has 0 spiro atoms. The molecule has 4 aromatic rings. The molecule has 22 heavy (non-hydrogen) atoms. The highest BCUT2D eigenvalue weighted by atomic mass is 14.8. The Morgan fingerprint density at radius 3 is 2.18 bits per heavy atom. The van der Waals surface area contributed by atoms with Gasteiger partial charge in [-0.05, 0) is 60.9 Å². The van der Waals surface area contributed by atoms with Crippen molar-refractivity contribution in [2.24, 2.45) is 0 Å². The van der Waals surface area contributed by atoms with Crippen molar-refractivity contribution in [1.29, 1.82) is 0 Å². The van der Waals surface area contributed by atoms with Crippen molar-refractivity contribution >= 4 is 21.9 Å². The lowest BCUT2D eigenvalue weighted by Gasteiger charge is -2.11. The van der Waals surface area contributed by atoms with E-state index in [1.165, 1.54) is 27.6 Å². The molecule has 3 heteroatoms. The van der Waals surface area contributed by atoms with Gasteiger partial charge in [0.2, 0.25) is 0 Å². The van der Waals surface area contributed by atoms with Gasteiger partial charge in [0.05, 0.1) is 16.6 Å². The van der Waals surface area contributed by atoms with Crippen LogP contribution in [0.1, 0.15) is 11.1 Å². The molecule has 0 unspecified atom stereocenters. The van der Waals surface area contributed by atoms with Crippen molar-refractivity contribution in [2.45, 2.75) is 13.8 Å². The fraction of sp³-hybridized carbons (Fsp3) is 0.105. The SMILES string of the molecule is Cc1ccc2nccc(-c3cc4nccnc4cc3C)c2c1. The maximum atomic E-state index is 4.47. The summed E-state index contributed by atoms with van der Waals surface area (Å²) in [5, 5.41) is 1.17. The summed E-state index contributed by atoms with van der Waals surface area (Å²) >= 11 is 0. The molecule has 0 aliphatic rings. The summed E-state index contributed by atoms with van der Waals surface area (Å²) in [6.45, 7) is 4.22. The smallest absolute Gasteiger partial charge is 0.0893 e. The van der Waals surface area contributed by atoms with Crippen molar-refractivity contribution in [3.8, 4) is 11.1 Å². The molecule has 0 saturated heterocycles. The molecule has 0 aliphatic carbocycles. The summed E-state index contributed by atoms with van der Waals surface area (Å²) in [7, 11) is 0. The van der Waals surface area contributed by atoms with Crippen molar-refractivity contribution in [2.75, 3.05) is 0 Å². The van der Waals surface area contributed by atoms with Gasteiger partial charge in [-0.2, -0.15) is 0 Å². The fourth-order valence-electron chi connectivity index (χ4n) is 2.90. The Labute approximate surface area is 128 Å². The van der Waals surface area contributed by atoms with E-state index in [2.05, 4.69) is 65.2 Å². The van der Waals surface area contributed by atoms with Gasteiger partial charge in [0, 0.05) is 24.0 Å². The third kappa shape index (κ3) is 2.02. The highest BCUT2D eigenvalue weighted by molar-refractivity contribution is 5.97. The second-order valence-electron chi connectivity index (χ2n) is 5.59. The zero-order valence-electron chi connectivity index (χ0n) is 12.5. The van der Waals surface area contributed by atoms with Crippen LogP contribution in [0.2, 0.25) is 0 Å². The van der Waals surface area contributed by atoms with Crippen LogP contribution in [0.15, 0.2) is 55.0 Å². The Hall–Kier alpha value is -2.81. The van der Waals surface area contributed by atoms with Gasteiger partial charge in [0.15, 0.2) is 0 Å². The molecular formula is C19H15N3. The number of hydrogen-bond donors (Lipinski definition) is 0. The van der Waals surface area contributed by atoms with Crippen molar-refractivity contribution in [3.63, 3.8) is 0 Å². The van der Waals surface area contributed by atoms with Gasteiger partial charge in [-0.15, -0.1) is 0 Å². The number of nitrogens with zero attached hydrogens (tertiary/aromatic N) is 3. The van der Waals surface area contributed by atoms with Crippen LogP contribution in [0.4, 0.5) is 0 Å². The Balaban J connectivity index is 2.06. The molecule has 0 radical (unpaired) electrons. The van der Waals surface area contributed by atoms with Crippen LogP contribution in [-0.4, -0.2) is 15.0 Å². The Morgan fingerprint density at radius 1 is 0.636 bits per heavy atom. The summed E-state index contributed by atoms with van der Waals surface area (Å²) in [4.78, 5) is 13.3. The zero-order valence-corrected chi connectivity index (χ0v) is 12.5. The normalized spacial score (nSPS) is 11.2. The van der Waals surface area contributed by atoms with E-state index in [4.69, 9.17) is 0 Å². The third-order valence-corrected chi connectivity index (χ3v) is 4.00. The molecule has 0 amide bonds. The standard InChI is InChI=1S/C19H15N3/c1-12-3-4-17-16(9-12)14(5-6-20-17)15-11-19-18(10-13(15)2)21-7-8-22-19/h3-11H,1-2H3. The van der Waals surface area contributed by atoms with E-state index in [0.717, 1.165) is 16.6 Å². The quantitative estimate of drug-likeness (QED) is 0.518. The summed E-state index contributed by atoms with van der Waals surface area (Å²) in [5.74, 6) is 0. The van der Waals surface area contributed by atoms with E-state index in [1.807, 2.05) is 6.20 Å². The van der Waals surface area contributed by atoms with Gasteiger partial charge in [0.25, 0.3) is 0 Å². The van der Waals surface area contributed by atoms with Crippen LogP contribution in [0.3, 0.4) is 0 Å². The number of aryl methyl sites for hydroxylation is 2. The predicted octanol–water partition coefficient (Wildman–Crippen LogP) is 4.46. The summed E-state index contributed by atoms with van der Waals surface area (Å²) < 4.78 is 0. The molecule has 0 fully saturated rings. The maximum absolute atomic E-state index is 4.47. The molecule has 2 aromatic heterocycles. The molecule has 0 N–H and O–H groups in total. The summed E-state index contributed by atoms with van der Waals surface area (Å²) in [6, 6.07) is 12.7. The van der Waals surface area contributed by atoms with Crippen LogP contribution in [0.5, 0.6) is 0 Å². The minimum atomic E-state index is 0.917. The molecule has 0 bridgehead atoms. The van der Waals surface area contributed by atoms with Crippen LogP contribution < -0.4 is 0 Å². The van der Waals surface area contributed by atoms with Gasteiger partial charge < -0.3 is 0 Å². The molecule has 0 aliphatic heterocycles. The Bertz CT molecular complexity index is 1010. The highest BCUT2D eigenvalue weighted by Gasteiger charge is 2.09. The molecule has 106 valence electrons. The Kier molecular flexibility index (Phi) is 2.86. The molecule has 4 rings (SSSR count). The molecular weight excluding hydrogens is 270 g/mol. The highest BCUT2D eigenvalue weighted by Crippen LogP contribution is 2.32. The van der Waals surface area contributed by atoms with E-state index in [0.29, 0.717) is 0 Å². The average Bonchev–Trinajstić information content (AvgIpc) is 2.54. The third-order valence-electron chi connectivity index (χ3n) is 4.00. The molecule has 2 aromatic carbocycles. The second-order valence-corrected chi connectivity index (χ2v) is 5.59. The van der Waals surface area contributed by atoms with Crippen molar-refractivity contribution < 1.29 is 0 Å². The van der Waals surface area contributed by atoms with Crippen LogP contribution >= 0.6 is 0 Å². The predicted molar refractivity (Wildman–Crippen MR) is 89.7 cm³/mol. The van der Waals surface area contributed by atoms with E-state index in [-0.39, 0.29) is 0 Å². The first kappa shape index (κ1) is 12.9. The molecule has 2 heterocycles. The van der Waals surface area contributed by atoms with Crippen LogP contribution in [0, 0.1) is 13.8 Å². The average molecular weight is 285 g/mol. The number of rotatable bonds is 1. The topological polar surface area (TPSA) is 38.7 Å². The Morgan fingerprint density at radius 2 is 1.36 bits per heavy atom. The second kappa shape index (κ2) is 4.88. The van der Waals surface area contributed by atoms with Gasteiger partial charge in [0.1, 0.15) is 0 Å². The minimum Gasteiger partial charge on any atom is -0.256 e. The van der Waals surface area contributed by atoms with Gasteiger partial charge in [-0.3, -0.25) is 15.0 Å². The van der Waals surface area contributed by atoms with Gasteiger partial charge >= 0.3 is 0 Å². The lowest BCUT2D eigenvalue weighted by Crippen LogP contribution is -1.91. The number of aromatic nitrogens is 3. The maximum Gasteiger partial charge on any atom is 0.0893 e. The first-order valence-corrected chi connectivity index (χ1v) is 7.29. The monoisotopic (exact) mass is 285 g/mol. The minimum absolute atomic E-state index is 0.917. The summed E-state index contributed by atoms with van der Waals surface area (Å²) in [5.41, 5.74) is 7.67. The first-order valence-electron chi connectivity index (χ1n) is 7.29. The number of benzene rings is 2. The lowest BCUT2D eigenvalue weighted by atomic mass is 9.96. The van der Waals surface area contributed by atoms with E-state index < -0.39 is 0 Å². The van der Waals surface area contributed by atoms with Crippen molar-refractivity contribution in [1.82, 2.24) is 15.0 Å². The fourth-order valence-corrected chi connectivity index (χ4v) is 2.90. The van der Waals surface area contributed by atoms with Crippen LogP contribution in [0.25, 0.3) is 33.1 Å². The van der Waals surface area contributed by atoms with Crippen LogP contribution in [-0.2, 0) is 0 Å². The zero-order chi connectivity index (χ0) is 15.1. The largest absolute Gasteiger partial charge is 0.256 e. The number of pyridine rings is 1. The molecule has 0 saturated carbocycles. The number of fused-ring (bicyclic) bond motifs is 2. The van der Waals surface area contributed by atoms with Gasteiger partial charge in [-0.1, -0.05) is 11.6 Å².